The number of hydrogen-bond donors (Lipinski definition) is 0. The van der Waals surface area contributed by atoms with Gasteiger partial charge in [-0.3, -0.25) is 0 Å². The second kappa shape index (κ2) is 12.3. The normalized spacial score (nSPS) is 10.1. The van der Waals surface area contributed by atoms with Crippen molar-refractivity contribution in [1.82, 2.24) is 0 Å². The number of carbonyl (C=O) groups is 1. The molecule has 0 heterocycles. The topological polar surface area (TPSA) is 54.0 Å². The van der Waals surface area contributed by atoms with Gasteiger partial charge in [0.1, 0.15) is 0 Å². The molecule has 0 aromatic heterocycles. The van der Waals surface area contributed by atoms with Crippen molar-refractivity contribution in [2.75, 3.05) is 40.1 Å². The van der Waals surface area contributed by atoms with E-state index in [0.29, 0.717) is 32.8 Å². The first-order chi connectivity index (χ1) is 7.81. The summed E-state index contributed by atoms with van der Waals surface area (Å²) >= 11 is 0. The van der Waals surface area contributed by atoms with Crippen LogP contribution in [-0.4, -0.2) is 46.3 Å². The molecular weight excluding hydrogens is 212 g/mol. The highest BCUT2D eigenvalue weighted by Crippen LogP contribution is 1.90. The van der Waals surface area contributed by atoms with Crippen LogP contribution in [0, 0.1) is 0 Å². The van der Waals surface area contributed by atoms with Crippen LogP contribution in [0.4, 0.5) is 4.79 Å². The Morgan fingerprint density at radius 1 is 0.938 bits per heavy atom. The summed E-state index contributed by atoms with van der Waals surface area (Å²) in [7, 11) is 1.28. The highest BCUT2D eigenvalue weighted by Gasteiger charge is 1.98. The highest BCUT2D eigenvalue weighted by molar-refractivity contribution is 5.59. The molecule has 0 N–H and O–H groups in total. The smallest absolute Gasteiger partial charge is 0.438 e. The van der Waals surface area contributed by atoms with Crippen LogP contribution in [0.5, 0.6) is 0 Å². The molecule has 0 aromatic rings. The van der Waals surface area contributed by atoms with E-state index in [-0.39, 0.29) is 0 Å². The molecule has 0 aliphatic rings. The van der Waals surface area contributed by atoms with Crippen molar-refractivity contribution in [2.45, 2.75) is 26.2 Å². The van der Waals surface area contributed by atoms with Gasteiger partial charge in [0.25, 0.3) is 0 Å². The molecule has 0 rings (SSSR count). The van der Waals surface area contributed by atoms with Crippen LogP contribution >= 0.6 is 0 Å². The Kier molecular flexibility index (Phi) is 11.6. The zero-order valence-electron chi connectivity index (χ0n) is 10.2. The zero-order chi connectivity index (χ0) is 12.1. The lowest BCUT2D eigenvalue weighted by Crippen LogP contribution is -2.10. The van der Waals surface area contributed by atoms with Crippen molar-refractivity contribution < 1.29 is 23.7 Å². The van der Waals surface area contributed by atoms with E-state index in [1.807, 2.05) is 0 Å². The van der Waals surface area contributed by atoms with E-state index in [0.717, 1.165) is 19.4 Å². The third-order valence-electron chi connectivity index (χ3n) is 1.83. The number of unbranched alkanes of at least 4 members (excludes halogenated alkanes) is 1. The van der Waals surface area contributed by atoms with E-state index in [4.69, 9.17) is 9.47 Å². The van der Waals surface area contributed by atoms with Crippen LogP contribution in [0.15, 0.2) is 0 Å². The Labute approximate surface area is 97.0 Å². The number of ether oxygens (including phenoxy) is 4. The SMILES string of the molecule is CCCCOCCOCCCOC(=O)OC. The lowest BCUT2D eigenvalue weighted by Gasteiger charge is -2.05. The quantitative estimate of drug-likeness (QED) is 0.427. The Bertz CT molecular complexity index is 160. The molecule has 0 unspecified atom stereocenters. The fourth-order valence-corrected chi connectivity index (χ4v) is 0.944. The Morgan fingerprint density at radius 3 is 2.12 bits per heavy atom. The summed E-state index contributed by atoms with van der Waals surface area (Å²) in [5.41, 5.74) is 0. The van der Waals surface area contributed by atoms with Crippen molar-refractivity contribution in [3.63, 3.8) is 0 Å². The van der Waals surface area contributed by atoms with Gasteiger partial charge < -0.3 is 18.9 Å². The van der Waals surface area contributed by atoms with E-state index in [9.17, 15) is 4.79 Å². The van der Waals surface area contributed by atoms with Crippen molar-refractivity contribution >= 4 is 6.16 Å². The van der Waals surface area contributed by atoms with E-state index in [2.05, 4.69) is 16.4 Å². The summed E-state index contributed by atoms with van der Waals surface area (Å²) in [5.74, 6) is 0. The van der Waals surface area contributed by atoms with E-state index in [1.165, 1.54) is 7.11 Å². The maximum Gasteiger partial charge on any atom is 0.507 e. The molecule has 0 spiro atoms. The van der Waals surface area contributed by atoms with Gasteiger partial charge in [-0.2, -0.15) is 0 Å². The first-order valence-corrected chi connectivity index (χ1v) is 5.67. The van der Waals surface area contributed by atoms with Gasteiger partial charge in [0.2, 0.25) is 0 Å². The first-order valence-electron chi connectivity index (χ1n) is 5.67. The first kappa shape index (κ1) is 15.2. The summed E-state index contributed by atoms with van der Waals surface area (Å²) < 4.78 is 19.6. The van der Waals surface area contributed by atoms with Crippen LogP contribution in [0.2, 0.25) is 0 Å². The van der Waals surface area contributed by atoms with Gasteiger partial charge in [-0.15, -0.1) is 0 Å². The summed E-state index contributed by atoms with van der Waals surface area (Å²) in [6.07, 6.45) is 2.26. The summed E-state index contributed by atoms with van der Waals surface area (Å²) in [6.45, 7) is 5.02. The molecule has 5 heteroatoms. The molecule has 0 radical (unpaired) electrons. The minimum atomic E-state index is -0.650. The van der Waals surface area contributed by atoms with Crippen LogP contribution in [0.1, 0.15) is 26.2 Å². The molecular formula is C11H22O5. The van der Waals surface area contributed by atoms with Gasteiger partial charge in [-0.1, -0.05) is 13.3 Å². The molecule has 0 saturated heterocycles. The Morgan fingerprint density at radius 2 is 1.56 bits per heavy atom. The molecule has 5 nitrogen and oxygen atoms in total. The van der Waals surface area contributed by atoms with E-state index in [1.54, 1.807) is 0 Å². The van der Waals surface area contributed by atoms with Gasteiger partial charge in [0.05, 0.1) is 26.9 Å². The summed E-state index contributed by atoms with van der Waals surface area (Å²) in [4.78, 5) is 10.5. The predicted octanol–water partition coefficient (Wildman–Crippen LogP) is 1.99. The number of methoxy groups -OCH3 is 1. The average molecular weight is 234 g/mol. The van der Waals surface area contributed by atoms with Crippen molar-refractivity contribution in [1.29, 1.82) is 0 Å². The molecule has 0 fully saturated rings. The maximum atomic E-state index is 10.5. The van der Waals surface area contributed by atoms with Crippen LogP contribution in [-0.2, 0) is 18.9 Å². The molecule has 0 bridgehead atoms. The average Bonchev–Trinajstić information content (AvgIpc) is 2.31. The highest BCUT2D eigenvalue weighted by atomic mass is 16.7. The second-order valence-corrected chi connectivity index (χ2v) is 3.23. The molecule has 96 valence electrons. The van der Waals surface area contributed by atoms with Crippen LogP contribution in [0.25, 0.3) is 0 Å². The zero-order valence-corrected chi connectivity index (χ0v) is 10.2. The Balaban J connectivity index is 2.96. The minimum absolute atomic E-state index is 0.323. The van der Waals surface area contributed by atoms with Gasteiger partial charge in [0, 0.05) is 19.6 Å². The minimum Gasteiger partial charge on any atom is -0.438 e. The maximum absolute atomic E-state index is 10.5. The number of hydrogen-bond acceptors (Lipinski definition) is 5. The fourth-order valence-electron chi connectivity index (χ4n) is 0.944. The van der Waals surface area contributed by atoms with Gasteiger partial charge in [-0.05, 0) is 6.42 Å². The van der Waals surface area contributed by atoms with Gasteiger partial charge in [0.15, 0.2) is 0 Å². The largest absolute Gasteiger partial charge is 0.507 e. The molecule has 0 aromatic carbocycles. The lowest BCUT2D eigenvalue weighted by atomic mass is 10.4. The van der Waals surface area contributed by atoms with Crippen molar-refractivity contribution in [2.24, 2.45) is 0 Å². The van der Waals surface area contributed by atoms with Gasteiger partial charge >= 0.3 is 6.16 Å². The predicted molar refractivity (Wildman–Crippen MR) is 59.5 cm³/mol. The standard InChI is InChI=1S/C11H22O5/c1-3-4-6-14-9-10-15-7-5-8-16-11(12)13-2/h3-10H2,1-2H3. The second-order valence-electron chi connectivity index (χ2n) is 3.23. The number of carbonyl (C=O) groups excluding carboxylic acids is 1. The monoisotopic (exact) mass is 234 g/mol. The van der Waals surface area contributed by atoms with Crippen LogP contribution in [0.3, 0.4) is 0 Å². The summed E-state index contributed by atoms with van der Waals surface area (Å²) in [5, 5.41) is 0. The molecule has 0 saturated carbocycles. The van der Waals surface area contributed by atoms with Gasteiger partial charge in [-0.25, -0.2) is 4.79 Å². The van der Waals surface area contributed by atoms with E-state index < -0.39 is 6.16 Å². The molecule has 16 heavy (non-hydrogen) atoms. The number of rotatable bonds is 10. The van der Waals surface area contributed by atoms with Crippen LogP contribution < -0.4 is 0 Å². The van der Waals surface area contributed by atoms with E-state index >= 15 is 0 Å². The molecule has 0 aliphatic carbocycles. The third kappa shape index (κ3) is 11.3. The van der Waals surface area contributed by atoms with Crippen molar-refractivity contribution in [3.8, 4) is 0 Å². The third-order valence-corrected chi connectivity index (χ3v) is 1.83. The lowest BCUT2D eigenvalue weighted by molar-refractivity contribution is 0.0329. The summed E-state index contributed by atoms with van der Waals surface area (Å²) in [6, 6.07) is 0. The Hall–Kier alpha value is -0.810. The molecule has 0 amide bonds. The molecule has 0 aliphatic heterocycles. The molecule has 0 atom stereocenters. The van der Waals surface area contributed by atoms with Crippen molar-refractivity contribution in [3.05, 3.63) is 0 Å². The fraction of sp³-hybridized carbons (Fsp3) is 0.909.